The predicted molar refractivity (Wildman–Crippen MR) is 71.5 cm³/mol. The summed E-state index contributed by atoms with van der Waals surface area (Å²) in [5.74, 6) is 0.600. The van der Waals surface area contributed by atoms with Gasteiger partial charge in [-0.15, -0.1) is 0 Å². The Morgan fingerprint density at radius 3 is 2.89 bits per heavy atom. The second-order valence-electron chi connectivity index (χ2n) is 4.87. The molecule has 1 unspecified atom stereocenters. The Morgan fingerprint density at radius 1 is 1.39 bits per heavy atom. The largest absolute Gasteiger partial charge is 0.426 e. The SMILES string of the molecule is CCCN1CCCC(C(=O)Oc2ccccc2)C1. The minimum atomic E-state index is -0.0815. The van der Waals surface area contributed by atoms with Crippen molar-refractivity contribution in [3.05, 3.63) is 30.3 Å². The highest BCUT2D eigenvalue weighted by atomic mass is 16.5. The first-order valence-corrected chi connectivity index (χ1v) is 6.78. The van der Waals surface area contributed by atoms with Crippen molar-refractivity contribution in [3.8, 4) is 5.75 Å². The normalized spacial score (nSPS) is 20.6. The van der Waals surface area contributed by atoms with Crippen LogP contribution < -0.4 is 4.74 Å². The van der Waals surface area contributed by atoms with Crippen LogP contribution in [-0.4, -0.2) is 30.5 Å². The van der Waals surface area contributed by atoms with E-state index in [0.717, 1.165) is 38.9 Å². The molecule has 0 bridgehead atoms. The van der Waals surface area contributed by atoms with E-state index < -0.39 is 0 Å². The summed E-state index contributed by atoms with van der Waals surface area (Å²) in [6, 6.07) is 9.33. The molecule has 0 aromatic heterocycles. The van der Waals surface area contributed by atoms with Gasteiger partial charge in [0.1, 0.15) is 5.75 Å². The van der Waals surface area contributed by atoms with E-state index in [2.05, 4.69) is 11.8 Å². The number of esters is 1. The van der Waals surface area contributed by atoms with Gasteiger partial charge in [0.2, 0.25) is 0 Å². The minimum Gasteiger partial charge on any atom is -0.426 e. The Labute approximate surface area is 109 Å². The Hall–Kier alpha value is -1.35. The van der Waals surface area contributed by atoms with Crippen molar-refractivity contribution >= 4 is 5.97 Å². The smallest absolute Gasteiger partial charge is 0.315 e. The highest BCUT2D eigenvalue weighted by Gasteiger charge is 2.26. The molecule has 0 amide bonds. The maximum absolute atomic E-state index is 12.1. The highest BCUT2D eigenvalue weighted by molar-refractivity contribution is 5.75. The monoisotopic (exact) mass is 247 g/mol. The number of nitrogens with zero attached hydrogens (tertiary/aromatic N) is 1. The number of para-hydroxylation sites is 1. The molecule has 0 saturated carbocycles. The molecule has 0 aliphatic carbocycles. The Balaban J connectivity index is 1.88. The van der Waals surface area contributed by atoms with E-state index in [1.807, 2.05) is 30.3 Å². The molecule has 3 heteroatoms. The van der Waals surface area contributed by atoms with Crippen LogP contribution in [0.2, 0.25) is 0 Å². The average Bonchev–Trinajstić information content (AvgIpc) is 2.40. The van der Waals surface area contributed by atoms with Gasteiger partial charge in [0, 0.05) is 6.54 Å². The van der Waals surface area contributed by atoms with E-state index in [1.54, 1.807) is 0 Å². The van der Waals surface area contributed by atoms with E-state index in [-0.39, 0.29) is 11.9 Å². The zero-order valence-corrected chi connectivity index (χ0v) is 11.0. The third kappa shape index (κ3) is 3.57. The van der Waals surface area contributed by atoms with Gasteiger partial charge < -0.3 is 9.64 Å². The van der Waals surface area contributed by atoms with Crippen molar-refractivity contribution in [1.29, 1.82) is 0 Å². The van der Waals surface area contributed by atoms with Gasteiger partial charge in [-0.05, 0) is 44.5 Å². The maximum Gasteiger partial charge on any atom is 0.315 e. The number of carbonyl (C=O) groups excluding carboxylic acids is 1. The number of hydrogen-bond donors (Lipinski definition) is 0. The standard InChI is InChI=1S/C15H21NO2/c1-2-10-16-11-6-7-13(12-16)15(17)18-14-8-4-3-5-9-14/h3-5,8-9,13H,2,6-7,10-12H2,1H3. The lowest BCUT2D eigenvalue weighted by Crippen LogP contribution is -2.40. The second kappa shape index (κ2) is 6.55. The van der Waals surface area contributed by atoms with Crippen LogP contribution in [0.15, 0.2) is 30.3 Å². The molecule has 3 nitrogen and oxygen atoms in total. The van der Waals surface area contributed by atoms with Crippen molar-refractivity contribution < 1.29 is 9.53 Å². The fraction of sp³-hybridized carbons (Fsp3) is 0.533. The first kappa shape index (κ1) is 13.1. The van der Waals surface area contributed by atoms with Crippen molar-refractivity contribution in [2.24, 2.45) is 5.92 Å². The summed E-state index contributed by atoms with van der Waals surface area (Å²) in [7, 11) is 0. The summed E-state index contributed by atoms with van der Waals surface area (Å²) in [6.45, 7) is 5.21. The molecule has 1 aliphatic heterocycles. The fourth-order valence-electron chi connectivity index (χ4n) is 2.46. The van der Waals surface area contributed by atoms with Crippen LogP contribution >= 0.6 is 0 Å². The molecule has 18 heavy (non-hydrogen) atoms. The van der Waals surface area contributed by atoms with Gasteiger partial charge >= 0.3 is 5.97 Å². The van der Waals surface area contributed by atoms with Crippen LogP contribution in [0.25, 0.3) is 0 Å². The van der Waals surface area contributed by atoms with E-state index in [1.165, 1.54) is 0 Å². The molecule has 1 atom stereocenters. The van der Waals surface area contributed by atoms with Gasteiger partial charge in [-0.3, -0.25) is 4.79 Å². The molecule has 1 fully saturated rings. The van der Waals surface area contributed by atoms with E-state index >= 15 is 0 Å². The summed E-state index contributed by atoms with van der Waals surface area (Å²) in [4.78, 5) is 14.4. The minimum absolute atomic E-state index is 0.0329. The molecule has 1 aromatic carbocycles. The van der Waals surface area contributed by atoms with Crippen molar-refractivity contribution in [3.63, 3.8) is 0 Å². The number of rotatable bonds is 4. The van der Waals surface area contributed by atoms with Crippen molar-refractivity contribution in [1.82, 2.24) is 4.90 Å². The van der Waals surface area contributed by atoms with Crippen molar-refractivity contribution in [2.45, 2.75) is 26.2 Å². The summed E-state index contributed by atoms with van der Waals surface area (Å²) < 4.78 is 5.41. The molecular formula is C15H21NO2. The van der Waals surface area contributed by atoms with Crippen LogP contribution in [0.5, 0.6) is 5.75 Å². The van der Waals surface area contributed by atoms with Gasteiger partial charge in [0.05, 0.1) is 5.92 Å². The van der Waals surface area contributed by atoms with E-state index in [0.29, 0.717) is 5.75 Å². The molecule has 1 saturated heterocycles. The maximum atomic E-state index is 12.1. The van der Waals surface area contributed by atoms with E-state index in [9.17, 15) is 4.79 Å². The first-order valence-electron chi connectivity index (χ1n) is 6.78. The number of likely N-dealkylation sites (tertiary alicyclic amines) is 1. The first-order chi connectivity index (χ1) is 8.79. The Morgan fingerprint density at radius 2 is 2.17 bits per heavy atom. The second-order valence-corrected chi connectivity index (χ2v) is 4.87. The van der Waals surface area contributed by atoms with Crippen LogP contribution in [0, 0.1) is 5.92 Å². The summed E-state index contributed by atoms with van der Waals surface area (Å²) in [5.41, 5.74) is 0. The average molecular weight is 247 g/mol. The third-order valence-electron chi connectivity index (χ3n) is 3.34. The van der Waals surface area contributed by atoms with Gasteiger partial charge in [-0.1, -0.05) is 25.1 Å². The predicted octanol–water partition coefficient (Wildman–Crippen LogP) is 2.71. The molecular weight excluding hydrogens is 226 g/mol. The van der Waals surface area contributed by atoms with Gasteiger partial charge in [0.15, 0.2) is 0 Å². The van der Waals surface area contributed by atoms with E-state index in [4.69, 9.17) is 4.74 Å². The number of piperidine rings is 1. The van der Waals surface area contributed by atoms with Gasteiger partial charge in [0.25, 0.3) is 0 Å². The lowest BCUT2D eigenvalue weighted by atomic mass is 9.98. The van der Waals surface area contributed by atoms with Gasteiger partial charge in [-0.25, -0.2) is 0 Å². The van der Waals surface area contributed by atoms with Crippen LogP contribution in [0.3, 0.4) is 0 Å². The van der Waals surface area contributed by atoms with Gasteiger partial charge in [-0.2, -0.15) is 0 Å². The quantitative estimate of drug-likeness (QED) is 0.605. The molecule has 1 aliphatic rings. The Bertz CT molecular complexity index is 375. The molecule has 0 spiro atoms. The number of ether oxygens (including phenoxy) is 1. The topological polar surface area (TPSA) is 29.5 Å². The zero-order valence-electron chi connectivity index (χ0n) is 11.0. The lowest BCUT2D eigenvalue weighted by molar-refractivity contribution is -0.140. The van der Waals surface area contributed by atoms with Crippen LogP contribution in [0.4, 0.5) is 0 Å². The molecule has 1 heterocycles. The number of hydrogen-bond acceptors (Lipinski definition) is 3. The number of benzene rings is 1. The van der Waals surface area contributed by atoms with Crippen LogP contribution in [0.1, 0.15) is 26.2 Å². The summed E-state index contributed by atoms with van der Waals surface area (Å²) in [6.07, 6.45) is 3.18. The molecule has 0 N–H and O–H groups in total. The Kier molecular flexibility index (Phi) is 4.76. The summed E-state index contributed by atoms with van der Waals surface area (Å²) in [5, 5.41) is 0. The lowest BCUT2D eigenvalue weighted by Gasteiger charge is -2.31. The molecule has 0 radical (unpaired) electrons. The summed E-state index contributed by atoms with van der Waals surface area (Å²) >= 11 is 0. The van der Waals surface area contributed by atoms with Crippen LogP contribution in [-0.2, 0) is 4.79 Å². The fourth-order valence-corrected chi connectivity index (χ4v) is 2.46. The molecule has 2 rings (SSSR count). The van der Waals surface area contributed by atoms with Crippen molar-refractivity contribution in [2.75, 3.05) is 19.6 Å². The third-order valence-corrected chi connectivity index (χ3v) is 3.34. The zero-order chi connectivity index (χ0) is 12.8. The number of carbonyl (C=O) groups is 1. The molecule has 1 aromatic rings. The highest BCUT2D eigenvalue weighted by Crippen LogP contribution is 2.19. The molecule has 98 valence electrons.